The van der Waals surface area contributed by atoms with Crippen molar-refractivity contribution in [2.75, 3.05) is 14.2 Å². The highest BCUT2D eigenvalue weighted by Gasteiger charge is 2.06. The largest absolute Gasteiger partial charge is 0.508 e. The van der Waals surface area contributed by atoms with Crippen LogP contribution in [0.25, 0.3) is 12.2 Å². The molecule has 28 heavy (non-hydrogen) atoms. The Hall–Kier alpha value is -3.27. The number of carbonyl (C=O) groups excluding carboxylic acids is 1. The normalized spacial score (nSPS) is 12.3. The fourth-order valence-corrected chi connectivity index (χ4v) is 2.73. The minimum Gasteiger partial charge on any atom is -0.508 e. The third kappa shape index (κ3) is 5.36. The molecule has 2 rings (SSSR count). The maximum atomic E-state index is 12.3. The van der Waals surface area contributed by atoms with Crippen molar-refractivity contribution < 1.29 is 19.4 Å². The van der Waals surface area contributed by atoms with Crippen LogP contribution in [0.4, 0.5) is 0 Å². The Kier molecular flexibility index (Phi) is 7.21. The van der Waals surface area contributed by atoms with Crippen LogP contribution in [0.1, 0.15) is 29.2 Å². The Morgan fingerprint density at radius 3 is 1.75 bits per heavy atom. The molecule has 0 radical (unpaired) electrons. The summed E-state index contributed by atoms with van der Waals surface area (Å²) in [6, 6.07) is 11.4. The number of rotatable bonds is 7. The van der Waals surface area contributed by atoms with E-state index in [0.717, 1.165) is 33.8 Å². The number of hydrogen-bond donors (Lipinski definition) is 1. The fourth-order valence-electron chi connectivity index (χ4n) is 2.73. The molecule has 4 nitrogen and oxygen atoms in total. The fraction of sp³-hybridized carbons (Fsp3) is 0.208. The monoisotopic (exact) mass is 378 g/mol. The van der Waals surface area contributed by atoms with E-state index in [1.165, 1.54) is 12.2 Å². The van der Waals surface area contributed by atoms with Gasteiger partial charge in [-0.05, 0) is 79.4 Å². The van der Waals surface area contributed by atoms with Gasteiger partial charge in [0.1, 0.15) is 17.3 Å². The summed E-state index contributed by atoms with van der Waals surface area (Å²) in [5.74, 6) is 1.30. The summed E-state index contributed by atoms with van der Waals surface area (Å²) in [7, 11) is 3.25. The molecule has 4 heteroatoms. The Labute approximate surface area is 166 Å². The summed E-state index contributed by atoms with van der Waals surface area (Å²) >= 11 is 0. The number of aliphatic hydroxyl groups excluding tert-OH is 1. The van der Waals surface area contributed by atoms with Crippen molar-refractivity contribution in [1.82, 2.24) is 0 Å². The van der Waals surface area contributed by atoms with Crippen molar-refractivity contribution in [3.05, 3.63) is 82.1 Å². The molecule has 0 heterocycles. The highest BCUT2D eigenvalue weighted by Crippen LogP contribution is 2.21. The summed E-state index contributed by atoms with van der Waals surface area (Å²) < 4.78 is 10.5. The number of hydrogen-bond acceptors (Lipinski definition) is 4. The van der Waals surface area contributed by atoms with E-state index < -0.39 is 0 Å². The molecule has 0 unspecified atom stereocenters. The average molecular weight is 378 g/mol. The van der Waals surface area contributed by atoms with Gasteiger partial charge < -0.3 is 14.6 Å². The zero-order chi connectivity index (χ0) is 20.7. The van der Waals surface area contributed by atoms with Crippen LogP contribution < -0.4 is 9.47 Å². The van der Waals surface area contributed by atoms with E-state index in [9.17, 15) is 9.90 Å². The van der Waals surface area contributed by atoms with Crippen LogP contribution in [0.5, 0.6) is 11.5 Å². The second-order valence-electron chi connectivity index (χ2n) is 6.50. The molecular weight excluding hydrogens is 352 g/mol. The van der Waals surface area contributed by atoms with Crippen LogP contribution in [-0.2, 0) is 4.79 Å². The van der Waals surface area contributed by atoms with E-state index in [4.69, 9.17) is 9.47 Å². The molecule has 0 atom stereocenters. The lowest BCUT2D eigenvalue weighted by Crippen LogP contribution is -1.98. The van der Waals surface area contributed by atoms with Crippen LogP contribution in [0.15, 0.2) is 59.9 Å². The van der Waals surface area contributed by atoms with Crippen LogP contribution >= 0.6 is 0 Å². The lowest BCUT2D eigenvalue weighted by Gasteiger charge is -2.05. The van der Waals surface area contributed by atoms with Crippen molar-refractivity contribution in [2.24, 2.45) is 0 Å². The lowest BCUT2D eigenvalue weighted by atomic mass is 10.1. The quantitative estimate of drug-likeness (QED) is 0.395. The highest BCUT2D eigenvalue weighted by molar-refractivity contribution is 6.06. The number of benzene rings is 2. The van der Waals surface area contributed by atoms with Crippen molar-refractivity contribution in [3.63, 3.8) is 0 Å². The smallest absolute Gasteiger partial charge is 0.185 e. The molecule has 0 aromatic heterocycles. The molecule has 2 aromatic rings. The summed E-state index contributed by atoms with van der Waals surface area (Å²) in [6.45, 7) is 5.50. The number of carbonyl (C=O) groups is 1. The molecule has 0 aliphatic rings. The number of methoxy groups -OCH3 is 2. The van der Waals surface area contributed by atoms with Crippen LogP contribution in [0.3, 0.4) is 0 Å². The Morgan fingerprint density at radius 1 is 0.857 bits per heavy atom. The van der Waals surface area contributed by atoms with Crippen LogP contribution in [0.2, 0.25) is 0 Å². The number of aryl methyl sites for hydroxylation is 2. The summed E-state index contributed by atoms with van der Waals surface area (Å²) in [4.78, 5) is 12.3. The van der Waals surface area contributed by atoms with E-state index in [2.05, 4.69) is 0 Å². The van der Waals surface area contributed by atoms with Gasteiger partial charge in [-0.3, -0.25) is 4.79 Å². The minimum atomic E-state index is -0.249. The number of aliphatic hydroxyl groups is 1. The first-order valence-electron chi connectivity index (χ1n) is 8.95. The average Bonchev–Trinajstić information content (AvgIpc) is 2.69. The van der Waals surface area contributed by atoms with Crippen molar-refractivity contribution in [3.8, 4) is 11.5 Å². The van der Waals surface area contributed by atoms with Gasteiger partial charge in [-0.1, -0.05) is 24.3 Å². The van der Waals surface area contributed by atoms with E-state index in [0.29, 0.717) is 0 Å². The van der Waals surface area contributed by atoms with Gasteiger partial charge in [0, 0.05) is 5.57 Å². The molecule has 0 aliphatic carbocycles. The maximum Gasteiger partial charge on any atom is 0.185 e. The number of ketones is 1. The second-order valence-corrected chi connectivity index (χ2v) is 6.50. The van der Waals surface area contributed by atoms with E-state index in [1.807, 2.05) is 50.2 Å². The van der Waals surface area contributed by atoms with Gasteiger partial charge in [0.05, 0.1) is 14.2 Å². The highest BCUT2D eigenvalue weighted by atomic mass is 16.5. The number of ether oxygens (including phenoxy) is 2. The van der Waals surface area contributed by atoms with Crippen molar-refractivity contribution in [2.45, 2.75) is 20.8 Å². The molecule has 0 fully saturated rings. The topological polar surface area (TPSA) is 55.8 Å². The first-order chi connectivity index (χ1) is 13.3. The SMILES string of the molecule is COc1ccc(/C=C/C(=O)C(C)=C(O)/C=C/c2ccc(OC)c(C)c2)cc1C. The van der Waals surface area contributed by atoms with Gasteiger partial charge in [0.15, 0.2) is 5.78 Å². The zero-order valence-electron chi connectivity index (χ0n) is 16.9. The summed E-state index contributed by atoms with van der Waals surface area (Å²) in [5.41, 5.74) is 4.07. The summed E-state index contributed by atoms with van der Waals surface area (Å²) in [5, 5.41) is 10.2. The third-order valence-corrected chi connectivity index (χ3v) is 4.45. The Balaban J connectivity index is 2.12. The molecular formula is C24H26O4. The van der Waals surface area contributed by atoms with Gasteiger partial charge >= 0.3 is 0 Å². The van der Waals surface area contributed by atoms with Gasteiger partial charge in [-0.15, -0.1) is 0 Å². The van der Waals surface area contributed by atoms with E-state index in [1.54, 1.807) is 33.3 Å². The Morgan fingerprint density at radius 2 is 1.32 bits per heavy atom. The van der Waals surface area contributed by atoms with Crippen LogP contribution in [0, 0.1) is 13.8 Å². The van der Waals surface area contributed by atoms with Crippen molar-refractivity contribution in [1.29, 1.82) is 0 Å². The van der Waals surface area contributed by atoms with Gasteiger partial charge in [-0.25, -0.2) is 0 Å². The lowest BCUT2D eigenvalue weighted by molar-refractivity contribution is -0.111. The first kappa shape index (κ1) is 21.0. The van der Waals surface area contributed by atoms with Crippen molar-refractivity contribution >= 4 is 17.9 Å². The molecule has 0 aliphatic heterocycles. The van der Waals surface area contributed by atoms with E-state index in [-0.39, 0.29) is 17.1 Å². The standard InChI is InChI=1S/C24H26O4/c1-16-14-19(8-12-23(16)27-4)6-10-21(25)18(3)22(26)11-7-20-9-13-24(28-5)17(2)15-20/h6-15,25H,1-5H3/b10-6+,11-7+,21-18?. The van der Waals surface area contributed by atoms with Crippen LogP contribution in [-0.4, -0.2) is 25.1 Å². The zero-order valence-corrected chi connectivity index (χ0v) is 16.9. The molecule has 0 saturated heterocycles. The van der Waals surface area contributed by atoms with Gasteiger partial charge in [0.25, 0.3) is 0 Å². The molecule has 0 spiro atoms. The minimum absolute atomic E-state index is 0.0611. The van der Waals surface area contributed by atoms with Gasteiger partial charge in [0.2, 0.25) is 0 Å². The molecule has 0 amide bonds. The molecule has 0 saturated carbocycles. The predicted octanol–water partition coefficient (Wildman–Crippen LogP) is 5.45. The van der Waals surface area contributed by atoms with E-state index >= 15 is 0 Å². The molecule has 2 aromatic carbocycles. The molecule has 146 valence electrons. The summed E-state index contributed by atoms with van der Waals surface area (Å²) in [6.07, 6.45) is 6.47. The Bertz CT molecular complexity index is 949. The molecule has 1 N–H and O–H groups in total. The third-order valence-electron chi connectivity index (χ3n) is 4.45. The maximum absolute atomic E-state index is 12.3. The molecule has 0 bridgehead atoms. The van der Waals surface area contributed by atoms with Gasteiger partial charge in [-0.2, -0.15) is 0 Å². The number of allylic oxidation sites excluding steroid dienone is 3. The first-order valence-corrected chi connectivity index (χ1v) is 8.95. The second kappa shape index (κ2) is 9.60. The predicted molar refractivity (Wildman–Crippen MR) is 114 cm³/mol.